The van der Waals surface area contributed by atoms with Gasteiger partial charge in [0.15, 0.2) is 0 Å². The highest BCUT2D eigenvalue weighted by molar-refractivity contribution is 5.90. The lowest BCUT2D eigenvalue weighted by Crippen LogP contribution is -2.52. The van der Waals surface area contributed by atoms with Crippen LogP contribution in [0, 0.1) is 5.92 Å². The van der Waals surface area contributed by atoms with Crippen LogP contribution in [0.3, 0.4) is 0 Å². The van der Waals surface area contributed by atoms with Gasteiger partial charge < -0.3 is 24.2 Å². The quantitative estimate of drug-likeness (QED) is 0.228. The average molecular weight is 650 g/mol. The van der Waals surface area contributed by atoms with Gasteiger partial charge >= 0.3 is 12.2 Å². The Balaban J connectivity index is 1.41. The van der Waals surface area contributed by atoms with Crippen LogP contribution in [-0.4, -0.2) is 82.8 Å². The maximum atomic E-state index is 13.8. The highest BCUT2D eigenvalue weighted by Gasteiger charge is 2.32. The van der Waals surface area contributed by atoms with Gasteiger partial charge in [0.1, 0.15) is 11.2 Å². The zero-order valence-corrected chi connectivity index (χ0v) is 29.9. The number of amides is 3. The molecule has 1 saturated carbocycles. The summed E-state index contributed by atoms with van der Waals surface area (Å²) in [5.74, 6) is 0.615. The molecule has 1 atom stereocenters. The van der Waals surface area contributed by atoms with Gasteiger partial charge in [-0.3, -0.25) is 4.79 Å². The molecule has 8 nitrogen and oxygen atoms in total. The number of hydrogen-bond acceptors (Lipinski definition) is 5. The average Bonchev–Trinajstić information content (AvgIpc) is 3.01. The summed E-state index contributed by atoms with van der Waals surface area (Å²) in [6, 6.07) is 14.3. The normalized spacial score (nSPS) is 17.7. The molecule has 2 aliphatic rings. The fourth-order valence-electron chi connectivity index (χ4n) is 6.94. The first kappa shape index (κ1) is 36.5. The molecule has 2 aromatic carbocycles. The molecule has 0 radical (unpaired) electrons. The molecular weight excluding hydrogens is 590 g/mol. The predicted octanol–water partition coefficient (Wildman–Crippen LogP) is 8.60. The van der Waals surface area contributed by atoms with Crippen molar-refractivity contribution in [3.05, 3.63) is 48.0 Å². The highest BCUT2D eigenvalue weighted by Crippen LogP contribution is 2.26. The molecule has 47 heavy (non-hydrogen) atoms. The minimum Gasteiger partial charge on any atom is -0.444 e. The van der Waals surface area contributed by atoms with Crippen LogP contribution >= 0.6 is 0 Å². The zero-order valence-electron chi connectivity index (χ0n) is 29.9. The largest absolute Gasteiger partial charge is 0.444 e. The molecule has 0 N–H and O–H groups in total. The van der Waals surface area contributed by atoms with E-state index in [1.807, 2.05) is 75.6 Å². The number of carbonyl (C=O) groups is 3. The van der Waals surface area contributed by atoms with Gasteiger partial charge in [0.25, 0.3) is 0 Å². The van der Waals surface area contributed by atoms with E-state index in [9.17, 15) is 14.4 Å². The minimum atomic E-state index is -0.626. The van der Waals surface area contributed by atoms with Crippen molar-refractivity contribution in [1.29, 1.82) is 0 Å². The number of nitrogens with zero attached hydrogens (tertiary/aromatic N) is 3. The molecule has 0 bridgehead atoms. The Kier molecular flexibility index (Phi) is 13.0. The molecule has 1 saturated heterocycles. The van der Waals surface area contributed by atoms with E-state index in [4.69, 9.17) is 9.47 Å². The number of unbranched alkanes of at least 4 members (excludes halogenated alkanes) is 1. The van der Waals surface area contributed by atoms with Gasteiger partial charge in [0, 0.05) is 38.8 Å². The van der Waals surface area contributed by atoms with E-state index in [1.54, 1.807) is 4.90 Å². The molecule has 2 fully saturated rings. The van der Waals surface area contributed by atoms with Crippen molar-refractivity contribution >= 4 is 28.9 Å². The van der Waals surface area contributed by atoms with Gasteiger partial charge in [-0.15, -0.1) is 0 Å². The smallest absolute Gasteiger partial charge is 0.410 e. The Hall–Kier alpha value is -3.29. The summed E-state index contributed by atoms with van der Waals surface area (Å²) in [4.78, 5) is 46.2. The van der Waals surface area contributed by atoms with E-state index < -0.39 is 11.2 Å². The SMILES string of the molecule is CC(C)(C)OC(=O)N(CCCCN(CC1CCCCN1C(=O)Cc1cccc2ccccc12)C(=O)OC(C)(C)C)CC1CCCCC1. The molecule has 4 rings (SSSR count). The standard InChI is InChI=1S/C39H59N3O5/c1-38(2,3)46-36(44)40(28-30-17-8-7-9-18-30)24-14-15-25-41(37(45)47-39(4,5)6)29-33-22-12-13-26-42(33)35(43)27-32-21-16-20-31-19-10-11-23-34(31)32/h10-11,16,19-21,23,30,33H,7-9,12-15,17-18,22,24-29H2,1-6H3. The Bertz CT molecular complexity index is 1320. The molecular formula is C39H59N3O5. The van der Waals surface area contributed by atoms with Crippen molar-refractivity contribution in [1.82, 2.24) is 14.7 Å². The first-order valence-corrected chi connectivity index (χ1v) is 18.0. The minimum absolute atomic E-state index is 0.0664. The van der Waals surface area contributed by atoms with Crippen molar-refractivity contribution in [3.8, 4) is 0 Å². The number of ether oxygens (including phenoxy) is 2. The summed E-state index contributed by atoms with van der Waals surface area (Å²) in [6.45, 7) is 14.3. The molecule has 1 heterocycles. The summed E-state index contributed by atoms with van der Waals surface area (Å²) < 4.78 is 11.6. The third-order valence-electron chi connectivity index (χ3n) is 9.21. The Labute approximate surface area is 283 Å². The van der Waals surface area contributed by atoms with E-state index in [0.717, 1.165) is 67.8 Å². The fraction of sp³-hybridized carbons (Fsp3) is 0.667. The molecule has 1 unspecified atom stereocenters. The molecule has 2 aromatic rings. The van der Waals surface area contributed by atoms with Gasteiger partial charge in [-0.25, -0.2) is 9.59 Å². The first-order chi connectivity index (χ1) is 22.3. The third-order valence-corrected chi connectivity index (χ3v) is 9.21. The maximum absolute atomic E-state index is 13.8. The first-order valence-electron chi connectivity index (χ1n) is 18.0. The van der Waals surface area contributed by atoms with Crippen LogP contribution < -0.4 is 0 Å². The second kappa shape index (κ2) is 16.7. The second-order valence-electron chi connectivity index (χ2n) is 15.6. The van der Waals surface area contributed by atoms with Crippen molar-refractivity contribution in [2.75, 3.05) is 32.7 Å². The van der Waals surface area contributed by atoms with Crippen LogP contribution in [0.15, 0.2) is 42.5 Å². The number of fused-ring (bicyclic) bond motifs is 1. The Morgan fingerprint density at radius 1 is 0.723 bits per heavy atom. The van der Waals surface area contributed by atoms with Crippen LogP contribution in [0.1, 0.15) is 111 Å². The van der Waals surface area contributed by atoms with Crippen molar-refractivity contribution in [3.63, 3.8) is 0 Å². The highest BCUT2D eigenvalue weighted by atomic mass is 16.6. The lowest BCUT2D eigenvalue weighted by Gasteiger charge is -2.39. The number of piperidine rings is 1. The topological polar surface area (TPSA) is 79.4 Å². The van der Waals surface area contributed by atoms with Crippen LogP contribution in [0.2, 0.25) is 0 Å². The molecule has 1 aliphatic heterocycles. The molecule has 3 amide bonds. The molecule has 8 heteroatoms. The lowest BCUT2D eigenvalue weighted by atomic mass is 9.89. The summed E-state index contributed by atoms with van der Waals surface area (Å²) >= 11 is 0. The molecule has 260 valence electrons. The van der Waals surface area contributed by atoms with Crippen LogP contribution in [-0.2, 0) is 20.7 Å². The number of rotatable bonds is 11. The number of hydrogen-bond donors (Lipinski definition) is 0. The van der Waals surface area contributed by atoms with E-state index in [-0.39, 0.29) is 24.1 Å². The predicted molar refractivity (Wildman–Crippen MR) is 188 cm³/mol. The zero-order chi connectivity index (χ0) is 34.0. The van der Waals surface area contributed by atoms with Gasteiger partial charge in [-0.05, 0) is 109 Å². The van der Waals surface area contributed by atoms with Gasteiger partial charge in [-0.2, -0.15) is 0 Å². The van der Waals surface area contributed by atoms with Crippen molar-refractivity contribution in [2.45, 2.75) is 129 Å². The van der Waals surface area contributed by atoms with Crippen molar-refractivity contribution < 1.29 is 23.9 Å². The van der Waals surface area contributed by atoms with E-state index in [2.05, 4.69) is 18.2 Å². The second-order valence-corrected chi connectivity index (χ2v) is 15.6. The molecule has 1 aliphatic carbocycles. The van der Waals surface area contributed by atoms with Crippen LogP contribution in [0.5, 0.6) is 0 Å². The lowest BCUT2D eigenvalue weighted by molar-refractivity contribution is -0.134. The maximum Gasteiger partial charge on any atom is 0.410 e. The van der Waals surface area contributed by atoms with Crippen LogP contribution in [0.25, 0.3) is 10.8 Å². The van der Waals surface area contributed by atoms with Crippen molar-refractivity contribution in [2.24, 2.45) is 5.92 Å². The summed E-state index contributed by atoms with van der Waals surface area (Å²) in [5, 5.41) is 2.24. The van der Waals surface area contributed by atoms with E-state index >= 15 is 0 Å². The number of carbonyl (C=O) groups excluding carboxylic acids is 3. The van der Waals surface area contributed by atoms with Gasteiger partial charge in [-0.1, -0.05) is 61.7 Å². The van der Waals surface area contributed by atoms with E-state index in [1.165, 1.54) is 19.3 Å². The van der Waals surface area contributed by atoms with E-state index in [0.29, 0.717) is 38.5 Å². The Morgan fingerprint density at radius 3 is 1.94 bits per heavy atom. The summed E-state index contributed by atoms with van der Waals surface area (Å²) in [7, 11) is 0. The summed E-state index contributed by atoms with van der Waals surface area (Å²) in [6.07, 6.45) is 10.1. The monoisotopic (exact) mass is 649 g/mol. The summed E-state index contributed by atoms with van der Waals surface area (Å²) in [5.41, 5.74) is -0.143. The molecule has 0 spiro atoms. The fourth-order valence-corrected chi connectivity index (χ4v) is 6.94. The third kappa shape index (κ3) is 11.7. The number of likely N-dealkylation sites (tertiary alicyclic amines) is 1. The van der Waals surface area contributed by atoms with Gasteiger partial charge in [0.05, 0.1) is 6.42 Å². The van der Waals surface area contributed by atoms with Crippen LogP contribution in [0.4, 0.5) is 9.59 Å². The Morgan fingerprint density at radius 2 is 1.30 bits per heavy atom. The number of benzene rings is 2. The van der Waals surface area contributed by atoms with Gasteiger partial charge in [0.2, 0.25) is 5.91 Å². The molecule has 0 aromatic heterocycles.